The van der Waals surface area contributed by atoms with Gasteiger partial charge in [-0.25, -0.2) is 0 Å². The van der Waals surface area contributed by atoms with E-state index in [-0.39, 0.29) is 0 Å². The fraction of sp³-hybridized carbons (Fsp3) is 0.930. The lowest BCUT2D eigenvalue weighted by Crippen LogP contribution is -2.48. The van der Waals surface area contributed by atoms with E-state index < -0.39 is 48.7 Å². The number of carbonyl (C=O) groups excluding carboxylic acids is 1. The molecule has 53 heavy (non-hydrogen) atoms. The standard InChI is InChI=1S/2C18H36O2.C7H14O6/c2*1-2-3-4-5-6-7-8-9-10-11-12-13-14-15-16-17-18(19)20;1-3(9)5(11)7(13)6(12)4(10)2-8/h2*2-17H2,1H3,(H,19,20);4-8,10-13H,2H2,1H3/t;;4-,5+,6-,7-/m..1/s1. The Kier molecular flexibility index (Phi) is 47.1. The molecule has 0 saturated carbocycles. The molecule has 0 bridgehead atoms. The van der Waals surface area contributed by atoms with Crippen molar-refractivity contribution in [2.75, 3.05) is 6.61 Å². The van der Waals surface area contributed by atoms with Crippen LogP contribution in [0.1, 0.15) is 226 Å². The van der Waals surface area contributed by atoms with Crippen LogP contribution in [0, 0.1) is 0 Å². The van der Waals surface area contributed by atoms with Crippen molar-refractivity contribution in [3.63, 3.8) is 0 Å². The summed E-state index contributed by atoms with van der Waals surface area (Å²) in [6, 6.07) is 0. The summed E-state index contributed by atoms with van der Waals surface area (Å²) in [5.41, 5.74) is 0. The number of Topliss-reactive ketones (excluding diaryl/α,β-unsaturated/α-hetero) is 1. The molecule has 7 N–H and O–H groups in total. The molecule has 0 saturated heterocycles. The quantitative estimate of drug-likeness (QED) is 0.0300. The van der Waals surface area contributed by atoms with Gasteiger partial charge in [-0.05, 0) is 19.8 Å². The predicted molar refractivity (Wildman–Crippen MR) is 216 cm³/mol. The van der Waals surface area contributed by atoms with Gasteiger partial charge in [-0.1, -0.05) is 194 Å². The van der Waals surface area contributed by atoms with Gasteiger partial charge in [-0.15, -0.1) is 0 Å². The number of hydrogen-bond donors (Lipinski definition) is 7. The minimum atomic E-state index is -1.79. The Balaban J connectivity index is -0.000000726. The summed E-state index contributed by atoms with van der Waals surface area (Å²) in [6.07, 6.45) is 33.5. The van der Waals surface area contributed by atoms with Crippen molar-refractivity contribution in [3.05, 3.63) is 0 Å². The van der Waals surface area contributed by atoms with E-state index in [4.69, 9.17) is 35.7 Å². The molecule has 318 valence electrons. The molecule has 0 amide bonds. The summed E-state index contributed by atoms with van der Waals surface area (Å²) in [6.45, 7) is 4.81. The van der Waals surface area contributed by atoms with E-state index in [1.54, 1.807) is 0 Å². The zero-order valence-corrected chi connectivity index (χ0v) is 34.5. The molecule has 0 unspecified atom stereocenters. The van der Waals surface area contributed by atoms with Crippen LogP contribution in [0.3, 0.4) is 0 Å². The lowest BCUT2D eigenvalue weighted by molar-refractivity contribution is -0.145. The summed E-state index contributed by atoms with van der Waals surface area (Å²) in [7, 11) is 0. The third-order valence-electron chi connectivity index (χ3n) is 9.66. The number of aliphatic hydroxyl groups excluding tert-OH is 5. The Morgan fingerprint density at radius 1 is 0.396 bits per heavy atom. The number of unbranched alkanes of at least 4 members (excludes halogenated alkanes) is 28. The van der Waals surface area contributed by atoms with Crippen molar-refractivity contribution in [1.82, 2.24) is 0 Å². The lowest BCUT2D eigenvalue weighted by atomic mass is 10.0. The number of carbonyl (C=O) groups is 3. The van der Waals surface area contributed by atoms with Crippen LogP contribution in [-0.2, 0) is 14.4 Å². The number of carboxylic acids is 2. The van der Waals surface area contributed by atoms with E-state index >= 15 is 0 Å². The number of rotatable bonds is 37. The van der Waals surface area contributed by atoms with Crippen molar-refractivity contribution < 1.29 is 50.1 Å². The van der Waals surface area contributed by atoms with Crippen LogP contribution in [0.25, 0.3) is 0 Å². The second-order valence-electron chi connectivity index (χ2n) is 15.0. The number of carboxylic acid groups (broad SMARTS) is 2. The molecule has 0 heterocycles. The lowest BCUT2D eigenvalue weighted by Gasteiger charge is -2.23. The monoisotopic (exact) mass is 763 g/mol. The van der Waals surface area contributed by atoms with Gasteiger partial charge in [-0.3, -0.25) is 14.4 Å². The maximum absolute atomic E-state index is 10.5. The van der Waals surface area contributed by atoms with Crippen LogP contribution in [0.4, 0.5) is 0 Å². The van der Waals surface area contributed by atoms with Gasteiger partial charge in [0.2, 0.25) is 0 Å². The van der Waals surface area contributed by atoms with Crippen molar-refractivity contribution in [1.29, 1.82) is 0 Å². The van der Waals surface area contributed by atoms with Gasteiger partial charge in [0.15, 0.2) is 5.78 Å². The van der Waals surface area contributed by atoms with Crippen LogP contribution in [-0.4, -0.2) is 84.5 Å². The largest absolute Gasteiger partial charge is 0.481 e. The van der Waals surface area contributed by atoms with Crippen LogP contribution in [0.5, 0.6) is 0 Å². The second kappa shape index (κ2) is 44.8. The fourth-order valence-electron chi connectivity index (χ4n) is 6.06. The van der Waals surface area contributed by atoms with E-state index in [0.717, 1.165) is 32.6 Å². The van der Waals surface area contributed by atoms with Gasteiger partial charge in [0, 0.05) is 12.8 Å². The highest BCUT2D eigenvalue weighted by molar-refractivity contribution is 5.80. The summed E-state index contributed by atoms with van der Waals surface area (Å²) >= 11 is 0. The maximum atomic E-state index is 10.5. The van der Waals surface area contributed by atoms with Crippen molar-refractivity contribution in [3.8, 4) is 0 Å². The molecule has 0 rings (SSSR count). The minimum Gasteiger partial charge on any atom is -0.481 e. The fourth-order valence-corrected chi connectivity index (χ4v) is 6.06. The number of aliphatic hydroxyl groups is 5. The van der Waals surface area contributed by atoms with Crippen molar-refractivity contribution >= 4 is 17.7 Å². The van der Waals surface area contributed by atoms with E-state index in [9.17, 15) is 14.4 Å². The van der Waals surface area contributed by atoms with Crippen LogP contribution in [0.15, 0.2) is 0 Å². The Bertz CT molecular complexity index is 734. The summed E-state index contributed by atoms with van der Waals surface area (Å²) < 4.78 is 0. The van der Waals surface area contributed by atoms with Gasteiger partial charge in [0.25, 0.3) is 0 Å². The molecule has 10 heteroatoms. The normalized spacial score (nSPS) is 13.2. The van der Waals surface area contributed by atoms with Crippen molar-refractivity contribution in [2.45, 2.75) is 251 Å². The van der Waals surface area contributed by atoms with E-state index in [0.29, 0.717) is 12.8 Å². The SMILES string of the molecule is CC(=O)[C@H](O)[C@@H](O)[C@H](O)[C@H](O)CO.CCCCCCCCCCCCCCCCCC(=O)O.CCCCCCCCCCCCCCCCCC(=O)O. The van der Waals surface area contributed by atoms with Gasteiger partial charge in [0.1, 0.15) is 24.4 Å². The van der Waals surface area contributed by atoms with Crippen LogP contribution < -0.4 is 0 Å². The molecule has 0 aliphatic rings. The number of ketones is 1. The Hall–Kier alpha value is -1.59. The molecule has 10 nitrogen and oxygen atoms in total. The Labute approximate surface area is 324 Å². The highest BCUT2D eigenvalue weighted by atomic mass is 16.4. The Morgan fingerprint density at radius 3 is 0.811 bits per heavy atom. The average molecular weight is 763 g/mol. The number of hydrogen-bond acceptors (Lipinski definition) is 8. The van der Waals surface area contributed by atoms with E-state index in [1.807, 2.05) is 0 Å². The third-order valence-corrected chi connectivity index (χ3v) is 9.66. The number of aliphatic carboxylic acids is 2. The molecule has 0 aromatic rings. The molecular weight excluding hydrogens is 676 g/mol. The van der Waals surface area contributed by atoms with Gasteiger partial charge >= 0.3 is 11.9 Å². The second-order valence-corrected chi connectivity index (χ2v) is 15.0. The summed E-state index contributed by atoms with van der Waals surface area (Å²) in [5, 5.41) is 61.3. The molecule has 0 aromatic heterocycles. The molecule has 0 radical (unpaired) electrons. The molecule has 0 aliphatic heterocycles. The first kappa shape index (κ1) is 55.7. The molecule has 0 aromatic carbocycles. The Morgan fingerprint density at radius 2 is 0.623 bits per heavy atom. The van der Waals surface area contributed by atoms with Crippen molar-refractivity contribution in [2.24, 2.45) is 0 Å². The molecule has 4 atom stereocenters. The van der Waals surface area contributed by atoms with Crippen LogP contribution >= 0.6 is 0 Å². The summed E-state index contributed by atoms with van der Waals surface area (Å²) in [5.74, 6) is -2.03. The first-order valence-corrected chi connectivity index (χ1v) is 21.7. The van der Waals surface area contributed by atoms with E-state index in [2.05, 4.69) is 13.8 Å². The smallest absolute Gasteiger partial charge is 0.303 e. The van der Waals surface area contributed by atoms with Gasteiger partial charge in [0.05, 0.1) is 6.61 Å². The summed E-state index contributed by atoms with van der Waals surface area (Å²) in [4.78, 5) is 31.2. The topological polar surface area (TPSA) is 193 Å². The van der Waals surface area contributed by atoms with Crippen LogP contribution in [0.2, 0.25) is 0 Å². The van der Waals surface area contributed by atoms with Gasteiger partial charge in [-0.2, -0.15) is 0 Å². The molecular formula is C43H86O10. The molecule has 0 fully saturated rings. The average Bonchev–Trinajstić information content (AvgIpc) is 3.13. The predicted octanol–water partition coefficient (Wildman–Crippen LogP) is 9.68. The highest BCUT2D eigenvalue weighted by Crippen LogP contribution is 2.15. The zero-order valence-electron chi connectivity index (χ0n) is 34.5. The maximum Gasteiger partial charge on any atom is 0.303 e. The first-order valence-electron chi connectivity index (χ1n) is 21.7. The third kappa shape index (κ3) is 46.5. The molecule has 0 aliphatic carbocycles. The highest BCUT2D eigenvalue weighted by Gasteiger charge is 2.32. The molecule has 0 spiro atoms. The van der Waals surface area contributed by atoms with Gasteiger partial charge < -0.3 is 35.7 Å². The minimum absolute atomic E-state index is 0.345. The zero-order chi connectivity index (χ0) is 40.4. The van der Waals surface area contributed by atoms with E-state index in [1.165, 1.54) is 167 Å². The first-order chi connectivity index (χ1) is 25.5.